The average molecular weight is 167 g/mol. The van der Waals surface area contributed by atoms with Crippen LogP contribution in [-0.2, 0) is 0 Å². The molecule has 0 aromatic rings. The Balaban J connectivity index is 1.86. The van der Waals surface area contributed by atoms with Crippen molar-refractivity contribution in [2.45, 2.75) is 51.0 Å². The molecule has 2 rings (SSSR count). The summed E-state index contributed by atoms with van der Waals surface area (Å²) < 4.78 is 0. The maximum absolute atomic E-state index is 3.46. The molecule has 12 heavy (non-hydrogen) atoms. The number of hydrogen-bond donors (Lipinski definition) is 1. The molecule has 2 saturated carbocycles. The minimum Gasteiger partial charge on any atom is -0.317 e. The van der Waals surface area contributed by atoms with Crippen molar-refractivity contribution in [3.05, 3.63) is 0 Å². The fourth-order valence-electron chi connectivity index (χ4n) is 2.66. The van der Waals surface area contributed by atoms with Gasteiger partial charge in [0.15, 0.2) is 0 Å². The monoisotopic (exact) mass is 167 g/mol. The number of rotatable bonds is 2. The summed E-state index contributed by atoms with van der Waals surface area (Å²) in [5, 5.41) is 3.46. The molecule has 1 N–H and O–H groups in total. The van der Waals surface area contributed by atoms with Crippen molar-refractivity contribution in [2.75, 3.05) is 7.05 Å². The van der Waals surface area contributed by atoms with Crippen molar-refractivity contribution < 1.29 is 0 Å². The molecule has 2 fully saturated rings. The van der Waals surface area contributed by atoms with Crippen molar-refractivity contribution in [3.63, 3.8) is 0 Å². The Labute approximate surface area is 75.9 Å². The standard InChI is InChI=1S/C11H21N/c1-12-11-5-3-2-4-10(8-11)9-6-7-9/h9-12H,2-8H2,1H3. The van der Waals surface area contributed by atoms with Crippen LogP contribution in [0, 0.1) is 11.8 Å². The zero-order valence-corrected chi connectivity index (χ0v) is 8.18. The molecule has 0 bridgehead atoms. The fourth-order valence-corrected chi connectivity index (χ4v) is 2.66. The van der Waals surface area contributed by atoms with E-state index in [1.54, 1.807) is 0 Å². The van der Waals surface area contributed by atoms with E-state index < -0.39 is 0 Å². The molecule has 2 aliphatic carbocycles. The first kappa shape index (κ1) is 8.55. The first-order valence-electron chi connectivity index (χ1n) is 5.57. The van der Waals surface area contributed by atoms with Gasteiger partial charge in [-0.2, -0.15) is 0 Å². The van der Waals surface area contributed by atoms with Gasteiger partial charge in [-0.15, -0.1) is 0 Å². The second-order valence-corrected chi connectivity index (χ2v) is 4.60. The summed E-state index contributed by atoms with van der Waals surface area (Å²) in [6.45, 7) is 0. The molecule has 2 aliphatic rings. The normalized spacial score (nSPS) is 37.8. The Kier molecular flexibility index (Phi) is 2.69. The van der Waals surface area contributed by atoms with E-state index in [4.69, 9.17) is 0 Å². The molecule has 0 heterocycles. The summed E-state index contributed by atoms with van der Waals surface area (Å²) in [6.07, 6.45) is 10.4. The van der Waals surface area contributed by atoms with E-state index in [1.807, 2.05) is 0 Å². The van der Waals surface area contributed by atoms with Gasteiger partial charge in [0.1, 0.15) is 0 Å². The first-order valence-corrected chi connectivity index (χ1v) is 5.57. The van der Waals surface area contributed by atoms with Gasteiger partial charge in [0.2, 0.25) is 0 Å². The fraction of sp³-hybridized carbons (Fsp3) is 1.00. The highest BCUT2D eigenvalue weighted by molar-refractivity contribution is 4.86. The highest BCUT2D eigenvalue weighted by Crippen LogP contribution is 2.43. The molecule has 70 valence electrons. The van der Waals surface area contributed by atoms with Crippen molar-refractivity contribution in [2.24, 2.45) is 11.8 Å². The maximum atomic E-state index is 3.46. The van der Waals surface area contributed by atoms with Gasteiger partial charge in [-0.05, 0) is 44.6 Å². The van der Waals surface area contributed by atoms with E-state index in [0.29, 0.717) is 0 Å². The van der Waals surface area contributed by atoms with Gasteiger partial charge in [0.05, 0.1) is 0 Å². The van der Waals surface area contributed by atoms with E-state index in [1.165, 1.54) is 44.9 Å². The maximum Gasteiger partial charge on any atom is 0.00668 e. The van der Waals surface area contributed by atoms with E-state index in [2.05, 4.69) is 12.4 Å². The lowest BCUT2D eigenvalue weighted by Crippen LogP contribution is -2.26. The van der Waals surface area contributed by atoms with Crippen LogP contribution in [0.2, 0.25) is 0 Å². The highest BCUT2D eigenvalue weighted by atomic mass is 14.9. The summed E-state index contributed by atoms with van der Waals surface area (Å²) in [5.74, 6) is 2.20. The molecule has 0 aromatic carbocycles. The van der Waals surface area contributed by atoms with Gasteiger partial charge >= 0.3 is 0 Å². The molecule has 0 radical (unpaired) electrons. The Morgan fingerprint density at radius 1 is 0.917 bits per heavy atom. The quantitative estimate of drug-likeness (QED) is 0.623. The molecule has 2 atom stereocenters. The highest BCUT2D eigenvalue weighted by Gasteiger charge is 2.33. The largest absolute Gasteiger partial charge is 0.317 e. The average Bonchev–Trinajstić information content (AvgIpc) is 2.91. The van der Waals surface area contributed by atoms with E-state index in [0.717, 1.165) is 17.9 Å². The topological polar surface area (TPSA) is 12.0 Å². The molecular weight excluding hydrogens is 146 g/mol. The predicted molar refractivity (Wildman–Crippen MR) is 52.1 cm³/mol. The van der Waals surface area contributed by atoms with Gasteiger partial charge in [-0.25, -0.2) is 0 Å². The van der Waals surface area contributed by atoms with Crippen LogP contribution in [0.15, 0.2) is 0 Å². The van der Waals surface area contributed by atoms with Gasteiger partial charge in [-0.1, -0.05) is 19.3 Å². The van der Waals surface area contributed by atoms with E-state index in [9.17, 15) is 0 Å². The van der Waals surface area contributed by atoms with E-state index >= 15 is 0 Å². The van der Waals surface area contributed by atoms with Gasteiger partial charge in [-0.3, -0.25) is 0 Å². The minimum atomic E-state index is 0.832. The lowest BCUT2D eigenvalue weighted by atomic mass is 9.93. The van der Waals surface area contributed by atoms with Crippen molar-refractivity contribution >= 4 is 0 Å². The Hall–Kier alpha value is -0.0400. The molecular formula is C11H21N. The molecule has 1 heteroatoms. The van der Waals surface area contributed by atoms with Crippen LogP contribution >= 0.6 is 0 Å². The summed E-state index contributed by atoms with van der Waals surface area (Å²) in [4.78, 5) is 0. The van der Waals surface area contributed by atoms with Crippen LogP contribution in [0.25, 0.3) is 0 Å². The molecule has 0 saturated heterocycles. The zero-order valence-electron chi connectivity index (χ0n) is 8.18. The second kappa shape index (κ2) is 3.78. The molecule has 0 aliphatic heterocycles. The predicted octanol–water partition coefficient (Wildman–Crippen LogP) is 2.56. The van der Waals surface area contributed by atoms with Crippen molar-refractivity contribution in [1.82, 2.24) is 5.32 Å². The van der Waals surface area contributed by atoms with Gasteiger partial charge < -0.3 is 5.32 Å². The lowest BCUT2D eigenvalue weighted by Gasteiger charge is -2.18. The SMILES string of the molecule is CNC1CCCCC(C2CC2)C1. The molecule has 0 aromatic heterocycles. The van der Waals surface area contributed by atoms with Crippen LogP contribution in [0.3, 0.4) is 0 Å². The summed E-state index contributed by atoms with van der Waals surface area (Å²) >= 11 is 0. The van der Waals surface area contributed by atoms with Crippen LogP contribution in [0.1, 0.15) is 44.9 Å². The number of hydrogen-bond acceptors (Lipinski definition) is 1. The van der Waals surface area contributed by atoms with Gasteiger partial charge in [0, 0.05) is 6.04 Å². The Bertz CT molecular complexity index is 140. The smallest absolute Gasteiger partial charge is 0.00668 e. The zero-order chi connectivity index (χ0) is 8.39. The Morgan fingerprint density at radius 3 is 2.33 bits per heavy atom. The first-order chi connectivity index (χ1) is 5.90. The van der Waals surface area contributed by atoms with Crippen LogP contribution in [0.4, 0.5) is 0 Å². The molecule has 0 spiro atoms. The third-order valence-corrected chi connectivity index (χ3v) is 3.66. The van der Waals surface area contributed by atoms with E-state index in [-0.39, 0.29) is 0 Å². The van der Waals surface area contributed by atoms with Crippen LogP contribution in [0.5, 0.6) is 0 Å². The summed E-state index contributed by atoms with van der Waals surface area (Å²) in [7, 11) is 2.12. The summed E-state index contributed by atoms with van der Waals surface area (Å²) in [6, 6.07) is 0.832. The van der Waals surface area contributed by atoms with Gasteiger partial charge in [0.25, 0.3) is 0 Å². The van der Waals surface area contributed by atoms with Crippen molar-refractivity contribution in [3.8, 4) is 0 Å². The second-order valence-electron chi connectivity index (χ2n) is 4.60. The third-order valence-electron chi connectivity index (χ3n) is 3.66. The molecule has 0 amide bonds. The Morgan fingerprint density at radius 2 is 1.67 bits per heavy atom. The van der Waals surface area contributed by atoms with Crippen LogP contribution in [-0.4, -0.2) is 13.1 Å². The van der Waals surface area contributed by atoms with Crippen LogP contribution < -0.4 is 5.32 Å². The number of nitrogens with one attached hydrogen (secondary N) is 1. The van der Waals surface area contributed by atoms with Crippen molar-refractivity contribution in [1.29, 1.82) is 0 Å². The molecule has 1 nitrogen and oxygen atoms in total. The lowest BCUT2D eigenvalue weighted by molar-refractivity contribution is 0.364. The molecule has 2 unspecified atom stereocenters. The summed E-state index contributed by atoms with van der Waals surface area (Å²) in [5.41, 5.74) is 0. The third kappa shape index (κ3) is 2.01. The minimum absolute atomic E-state index is 0.832.